The molecule has 0 aliphatic heterocycles. The van der Waals surface area contributed by atoms with Crippen molar-refractivity contribution >= 4 is 18.2 Å². The average Bonchev–Trinajstić information content (AvgIpc) is 3.51. The molecule has 2 aliphatic rings. The number of nitrogens with one attached hydrogen (secondary N) is 2. The van der Waals surface area contributed by atoms with E-state index in [9.17, 15) is 19.5 Å². The van der Waals surface area contributed by atoms with Crippen molar-refractivity contribution in [3.8, 4) is 22.3 Å². The van der Waals surface area contributed by atoms with Crippen LogP contribution >= 0.6 is 0 Å². The first-order valence-electron chi connectivity index (χ1n) is 13.9. The number of carboxylic acid groups (broad SMARTS) is 1. The molecule has 212 valence electrons. The van der Waals surface area contributed by atoms with Crippen LogP contribution in [0.15, 0.2) is 97.1 Å². The van der Waals surface area contributed by atoms with Gasteiger partial charge in [0.05, 0.1) is 5.92 Å². The Morgan fingerprint density at radius 2 is 0.881 bits per heavy atom. The molecule has 2 aliphatic carbocycles. The van der Waals surface area contributed by atoms with Crippen LogP contribution in [0.1, 0.15) is 34.1 Å². The van der Waals surface area contributed by atoms with Gasteiger partial charge in [0.2, 0.25) is 0 Å². The maximum absolute atomic E-state index is 12.5. The van der Waals surface area contributed by atoms with E-state index in [1.165, 1.54) is 0 Å². The SMILES string of the molecule is O=C(NCC(CNC(=O)OCC1c2ccccc2-c2ccccc21)C(=O)O)OCC1c2ccccc2-c2ccccc21. The zero-order valence-electron chi connectivity index (χ0n) is 22.8. The summed E-state index contributed by atoms with van der Waals surface area (Å²) in [6, 6.07) is 32.1. The maximum atomic E-state index is 12.5. The number of carbonyl (C=O) groups is 3. The van der Waals surface area contributed by atoms with E-state index in [-0.39, 0.29) is 38.1 Å². The van der Waals surface area contributed by atoms with Crippen LogP contribution in [-0.2, 0) is 14.3 Å². The van der Waals surface area contributed by atoms with Gasteiger partial charge in [-0.2, -0.15) is 0 Å². The molecule has 0 saturated carbocycles. The summed E-state index contributed by atoms with van der Waals surface area (Å²) in [5, 5.41) is 14.7. The maximum Gasteiger partial charge on any atom is 0.407 e. The highest BCUT2D eigenvalue weighted by molar-refractivity contribution is 5.80. The number of hydrogen-bond donors (Lipinski definition) is 3. The number of fused-ring (bicyclic) bond motifs is 6. The lowest BCUT2D eigenvalue weighted by Crippen LogP contribution is -2.41. The van der Waals surface area contributed by atoms with Crippen molar-refractivity contribution in [2.24, 2.45) is 5.92 Å². The highest BCUT2D eigenvalue weighted by atomic mass is 16.6. The van der Waals surface area contributed by atoms with Crippen molar-refractivity contribution in [1.29, 1.82) is 0 Å². The number of aliphatic carboxylic acids is 1. The quantitative estimate of drug-likeness (QED) is 0.239. The fraction of sp³-hybridized carbons (Fsp3) is 0.206. The summed E-state index contributed by atoms with van der Waals surface area (Å²) < 4.78 is 11.0. The van der Waals surface area contributed by atoms with Gasteiger partial charge in [0.15, 0.2) is 0 Å². The molecule has 4 aromatic rings. The molecule has 0 unspecified atom stereocenters. The van der Waals surface area contributed by atoms with Crippen LogP contribution in [0.5, 0.6) is 0 Å². The molecular formula is C34H30N2O6. The van der Waals surface area contributed by atoms with Crippen molar-refractivity contribution in [1.82, 2.24) is 10.6 Å². The largest absolute Gasteiger partial charge is 0.481 e. The Labute approximate surface area is 243 Å². The minimum Gasteiger partial charge on any atom is -0.481 e. The second kappa shape index (κ2) is 11.8. The first-order valence-corrected chi connectivity index (χ1v) is 13.9. The van der Waals surface area contributed by atoms with Crippen molar-refractivity contribution in [3.63, 3.8) is 0 Å². The van der Waals surface area contributed by atoms with Crippen molar-refractivity contribution < 1.29 is 29.0 Å². The van der Waals surface area contributed by atoms with Crippen LogP contribution in [0.2, 0.25) is 0 Å². The Morgan fingerprint density at radius 1 is 0.571 bits per heavy atom. The van der Waals surface area contributed by atoms with E-state index in [2.05, 4.69) is 34.9 Å². The van der Waals surface area contributed by atoms with Crippen LogP contribution in [0.25, 0.3) is 22.3 Å². The second-order valence-electron chi connectivity index (χ2n) is 10.4. The van der Waals surface area contributed by atoms with Gasteiger partial charge in [-0.1, -0.05) is 97.1 Å². The Bertz CT molecular complexity index is 1440. The third kappa shape index (κ3) is 5.31. The monoisotopic (exact) mass is 562 g/mol. The average molecular weight is 563 g/mol. The van der Waals surface area contributed by atoms with Crippen LogP contribution in [0, 0.1) is 5.92 Å². The second-order valence-corrected chi connectivity index (χ2v) is 10.4. The molecule has 6 rings (SSSR count). The Hall–Kier alpha value is -5.11. The van der Waals surface area contributed by atoms with E-state index in [1.54, 1.807) is 0 Å². The summed E-state index contributed by atoms with van der Waals surface area (Å²) in [5.74, 6) is -2.43. The molecule has 2 amide bonds. The lowest BCUT2D eigenvalue weighted by atomic mass is 9.98. The molecule has 3 N–H and O–H groups in total. The molecule has 0 radical (unpaired) electrons. The van der Waals surface area contributed by atoms with E-state index in [4.69, 9.17) is 9.47 Å². The molecule has 0 fully saturated rings. The lowest BCUT2D eigenvalue weighted by Gasteiger charge is -2.17. The van der Waals surface area contributed by atoms with Gasteiger partial charge in [0.1, 0.15) is 13.2 Å². The molecule has 8 heteroatoms. The molecule has 4 aromatic carbocycles. The fourth-order valence-electron chi connectivity index (χ4n) is 5.96. The van der Waals surface area contributed by atoms with E-state index >= 15 is 0 Å². The van der Waals surface area contributed by atoms with Crippen LogP contribution < -0.4 is 10.6 Å². The Morgan fingerprint density at radius 3 is 1.19 bits per heavy atom. The highest BCUT2D eigenvalue weighted by Gasteiger charge is 2.30. The molecule has 0 heterocycles. The minimum atomic E-state index is -1.16. The van der Waals surface area contributed by atoms with Crippen LogP contribution in [-0.4, -0.2) is 49.6 Å². The van der Waals surface area contributed by atoms with Gasteiger partial charge in [0, 0.05) is 24.9 Å². The number of hydrogen-bond acceptors (Lipinski definition) is 5. The van der Waals surface area contributed by atoms with Gasteiger partial charge in [-0.05, 0) is 44.5 Å². The Kier molecular flexibility index (Phi) is 7.60. The number of carboxylic acids is 1. The smallest absolute Gasteiger partial charge is 0.407 e. The third-order valence-corrected chi connectivity index (χ3v) is 8.02. The van der Waals surface area contributed by atoms with Gasteiger partial charge in [-0.25, -0.2) is 9.59 Å². The predicted octanol–water partition coefficient (Wildman–Crippen LogP) is 5.76. The van der Waals surface area contributed by atoms with Crippen molar-refractivity contribution in [2.45, 2.75) is 11.8 Å². The predicted molar refractivity (Wildman–Crippen MR) is 157 cm³/mol. The first kappa shape index (κ1) is 27.1. The first-order chi connectivity index (χ1) is 20.5. The number of ether oxygens (including phenoxy) is 2. The summed E-state index contributed by atoms with van der Waals surface area (Å²) in [6.07, 6.45) is -1.44. The molecule has 8 nitrogen and oxygen atoms in total. The topological polar surface area (TPSA) is 114 Å². The summed E-state index contributed by atoms with van der Waals surface area (Å²) in [5.41, 5.74) is 8.81. The molecule has 0 spiro atoms. The van der Waals surface area contributed by atoms with Gasteiger partial charge in [-0.3, -0.25) is 4.79 Å². The highest BCUT2D eigenvalue weighted by Crippen LogP contribution is 2.45. The van der Waals surface area contributed by atoms with Crippen LogP contribution in [0.3, 0.4) is 0 Å². The molecule has 42 heavy (non-hydrogen) atoms. The molecule has 0 atom stereocenters. The summed E-state index contributed by atoms with van der Waals surface area (Å²) in [4.78, 5) is 36.8. The van der Waals surface area contributed by atoms with Gasteiger partial charge >= 0.3 is 18.2 Å². The third-order valence-electron chi connectivity index (χ3n) is 8.02. The van der Waals surface area contributed by atoms with Gasteiger partial charge < -0.3 is 25.2 Å². The summed E-state index contributed by atoms with van der Waals surface area (Å²) >= 11 is 0. The van der Waals surface area contributed by atoms with Crippen molar-refractivity contribution in [3.05, 3.63) is 119 Å². The molecular weight excluding hydrogens is 532 g/mol. The molecule has 0 saturated heterocycles. The Balaban J connectivity index is 0.987. The lowest BCUT2D eigenvalue weighted by molar-refractivity contribution is -0.141. The van der Waals surface area contributed by atoms with Crippen LogP contribution in [0.4, 0.5) is 9.59 Å². The van der Waals surface area contributed by atoms with E-state index in [0.29, 0.717) is 0 Å². The number of rotatable bonds is 9. The van der Waals surface area contributed by atoms with E-state index < -0.39 is 24.1 Å². The standard InChI is InChI=1S/C34H30N2O6/c37-32(38)21(17-35-33(39)41-19-30-26-13-5-1-9-22(26)23-10-2-6-14-27(23)30)18-36-34(40)42-20-31-28-15-7-3-11-24(28)25-12-4-8-16-29(25)31/h1-16,21,30-31H,17-20H2,(H,35,39)(H,36,40)(H,37,38). The van der Waals surface area contributed by atoms with Gasteiger partial charge in [0.25, 0.3) is 0 Å². The fourth-order valence-corrected chi connectivity index (χ4v) is 5.96. The van der Waals surface area contributed by atoms with Crippen molar-refractivity contribution in [2.75, 3.05) is 26.3 Å². The number of benzene rings is 4. The summed E-state index contributed by atoms with van der Waals surface area (Å²) in [6.45, 7) is -0.184. The van der Waals surface area contributed by atoms with E-state index in [1.807, 2.05) is 72.8 Å². The van der Waals surface area contributed by atoms with E-state index in [0.717, 1.165) is 44.5 Å². The zero-order valence-corrected chi connectivity index (χ0v) is 22.8. The zero-order chi connectivity index (χ0) is 29.1. The summed E-state index contributed by atoms with van der Waals surface area (Å²) in [7, 11) is 0. The van der Waals surface area contributed by atoms with Gasteiger partial charge in [-0.15, -0.1) is 0 Å². The normalized spacial score (nSPS) is 13.1. The minimum absolute atomic E-state index is 0.103. The molecule has 0 bridgehead atoms. The number of alkyl carbamates (subject to hydrolysis) is 2. The molecule has 0 aromatic heterocycles. The number of carbonyl (C=O) groups excluding carboxylic acids is 2. The number of amides is 2.